The summed E-state index contributed by atoms with van der Waals surface area (Å²) in [6.45, 7) is 2.50. The maximum Gasteiger partial charge on any atom is 0.310 e. The monoisotopic (exact) mass is 422 g/mol. The molecule has 0 amide bonds. The average Bonchev–Trinajstić information content (AvgIpc) is 3.00. The third-order valence-electron chi connectivity index (χ3n) is 5.91. The Bertz CT molecular complexity index is 950. The summed E-state index contributed by atoms with van der Waals surface area (Å²) in [7, 11) is 1.56. The first-order valence-corrected chi connectivity index (χ1v) is 10.7. The van der Waals surface area contributed by atoms with E-state index in [1.807, 2.05) is 18.2 Å². The lowest BCUT2D eigenvalue weighted by atomic mass is 9.75. The highest BCUT2D eigenvalue weighted by Gasteiger charge is 2.40. The predicted molar refractivity (Wildman–Crippen MR) is 120 cm³/mol. The Hall–Kier alpha value is -3.08. The molecule has 0 aromatic heterocycles. The minimum atomic E-state index is -1.02. The first-order chi connectivity index (χ1) is 14.9. The third-order valence-corrected chi connectivity index (χ3v) is 5.91. The Labute approximate surface area is 183 Å². The minimum Gasteiger partial charge on any atom is -0.493 e. The first-order valence-electron chi connectivity index (χ1n) is 10.7. The average molecular weight is 423 g/mol. The zero-order valence-electron chi connectivity index (χ0n) is 18.2. The van der Waals surface area contributed by atoms with Gasteiger partial charge in [-0.3, -0.25) is 9.59 Å². The highest BCUT2D eigenvalue weighted by atomic mass is 16.5. The van der Waals surface area contributed by atoms with Gasteiger partial charge in [-0.2, -0.15) is 0 Å². The normalized spacial score (nSPS) is 15.2. The van der Waals surface area contributed by atoms with Crippen molar-refractivity contribution in [2.24, 2.45) is 5.41 Å². The van der Waals surface area contributed by atoms with Gasteiger partial charge in [0.25, 0.3) is 0 Å². The molecule has 3 rings (SSSR count). The fraction of sp³-hybridized carbons (Fsp3) is 0.385. The second-order valence-corrected chi connectivity index (χ2v) is 8.19. The van der Waals surface area contributed by atoms with Crippen molar-refractivity contribution in [3.63, 3.8) is 0 Å². The molecular formula is C26H30O5. The van der Waals surface area contributed by atoms with Crippen LogP contribution in [0.25, 0.3) is 0 Å². The number of ether oxygens (including phenoxy) is 2. The van der Waals surface area contributed by atoms with E-state index in [9.17, 15) is 14.7 Å². The molecule has 5 nitrogen and oxygen atoms in total. The molecule has 0 spiro atoms. The Balaban J connectivity index is 1.72. The van der Waals surface area contributed by atoms with Gasteiger partial charge in [-0.1, -0.05) is 42.0 Å². The first kappa shape index (κ1) is 22.6. The highest BCUT2D eigenvalue weighted by Crippen LogP contribution is 2.38. The zero-order valence-corrected chi connectivity index (χ0v) is 18.2. The molecule has 0 saturated carbocycles. The second kappa shape index (κ2) is 10.3. The van der Waals surface area contributed by atoms with Gasteiger partial charge in [-0.05, 0) is 56.4 Å². The molecule has 0 radical (unpaired) electrons. The van der Waals surface area contributed by atoms with Crippen LogP contribution < -0.4 is 9.47 Å². The van der Waals surface area contributed by atoms with E-state index < -0.39 is 11.4 Å². The van der Waals surface area contributed by atoms with Gasteiger partial charge in [-0.25, -0.2) is 0 Å². The molecule has 1 aliphatic rings. The van der Waals surface area contributed by atoms with E-state index in [1.165, 1.54) is 11.1 Å². The van der Waals surface area contributed by atoms with Crippen LogP contribution in [0.1, 0.15) is 53.6 Å². The number of benzene rings is 2. The largest absolute Gasteiger partial charge is 0.493 e. The molecule has 0 heterocycles. The zero-order chi connectivity index (χ0) is 22.3. The number of aryl methyl sites for hydroxylation is 1. The smallest absolute Gasteiger partial charge is 0.310 e. The van der Waals surface area contributed by atoms with Crippen molar-refractivity contribution in [3.05, 3.63) is 71.3 Å². The summed E-state index contributed by atoms with van der Waals surface area (Å²) in [6, 6.07) is 13.3. The summed E-state index contributed by atoms with van der Waals surface area (Å²) in [4.78, 5) is 25.1. The van der Waals surface area contributed by atoms with Crippen molar-refractivity contribution in [1.29, 1.82) is 0 Å². The molecule has 0 atom stereocenters. The molecule has 0 unspecified atom stereocenters. The summed E-state index contributed by atoms with van der Waals surface area (Å²) in [6.07, 6.45) is 7.02. The van der Waals surface area contributed by atoms with E-state index in [4.69, 9.17) is 9.47 Å². The third kappa shape index (κ3) is 5.75. The lowest BCUT2D eigenvalue weighted by Crippen LogP contribution is -2.33. The highest BCUT2D eigenvalue weighted by molar-refractivity contribution is 5.99. The van der Waals surface area contributed by atoms with Crippen LogP contribution >= 0.6 is 0 Å². The summed E-state index contributed by atoms with van der Waals surface area (Å²) < 4.78 is 11.3. The number of carbonyl (C=O) groups is 2. The van der Waals surface area contributed by atoms with E-state index in [0.717, 1.165) is 6.42 Å². The van der Waals surface area contributed by atoms with Crippen LogP contribution in [0, 0.1) is 12.3 Å². The fourth-order valence-electron chi connectivity index (χ4n) is 4.07. The van der Waals surface area contributed by atoms with Gasteiger partial charge in [0.2, 0.25) is 0 Å². The van der Waals surface area contributed by atoms with E-state index in [1.54, 1.807) is 25.3 Å². The van der Waals surface area contributed by atoms with Crippen molar-refractivity contribution in [3.8, 4) is 11.5 Å². The SMILES string of the molecule is COc1ccc(C(=O)CC2(C(=O)O)CCC=CCC2)cc1OCCc1cccc(C)c1. The second-order valence-electron chi connectivity index (χ2n) is 8.19. The van der Waals surface area contributed by atoms with E-state index >= 15 is 0 Å². The standard InChI is InChI=1S/C26H30O5/c1-19-8-7-9-20(16-19)12-15-31-24-17-21(10-11-23(24)30-2)22(27)18-26(25(28)29)13-5-3-4-6-14-26/h3-4,7-11,16-17H,5-6,12-15,18H2,1-2H3,(H,28,29). The number of methoxy groups -OCH3 is 1. The molecule has 0 saturated heterocycles. The van der Waals surface area contributed by atoms with Gasteiger partial charge in [0.1, 0.15) is 0 Å². The molecule has 0 bridgehead atoms. The number of hydrogen-bond acceptors (Lipinski definition) is 4. The predicted octanol–water partition coefficient (Wildman–Crippen LogP) is 5.40. The van der Waals surface area contributed by atoms with Crippen LogP contribution in [0.15, 0.2) is 54.6 Å². The molecular weight excluding hydrogens is 392 g/mol. The molecule has 164 valence electrons. The Kier molecular flexibility index (Phi) is 7.50. The number of ketones is 1. The number of carboxylic acids is 1. The molecule has 0 fully saturated rings. The molecule has 1 aliphatic carbocycles. The van der Waals surface area contributed by atoms with Crippen LogP contribution in [-0.2, 0) is 11.2 Å². The van der Waals surface area contributed by atoms with Crippen LogP contribution in [0.5, 0.6) is 11.5 Å². The molecule has 0 aliphatic heterocycles. The molecule has 2 aromatic carbocycles. The number of rotatable bonds is 9. The number of allylic oxidation sites excluding steroid dienone is 2. The van der Waals surface area contributed by atoms with E-state index in [2.05, 4.69) is 25.1 Å². The van der Waals surface area contributed by atoms with Crippen molar-refractivity contribution < 1.29 is 24.2 Å². The Morgan fingerprint density at radius 2 is 1.77 bits per heavy atom. The van der Waals surface area contributed by atoms with E-state index in [-0.39, 0.29) is 12.2 Å². The van der Waals surface area contributed by atoms with Crippen molar-refractivity contribution >= 4 is 11.8 Å². The molecule has 31 heavy (non-hydrogen) atoms. The summed E-state index contributed by atoms with van der Waals surface area (Å²) in [5.74, 6) is -0.0384. The van der Waals surface area contributed by atoms with Gasteiger partial charge in [-0.15, -0.1) is 0 Å². The number of Topliss-reactive ketones (excluding diaryl/α,β-unsaturated/α-hetero) is 1. The van der Waals surface area contributed by atoms with Crippen LogP contribution in [0.4, 0.5) is 0 Å². The Morgan fingerprint density at radius 3 is 2.42 bits per heavy atom. The summed E-state index contributed by atoms with van der Waals surface area (Å²) >= 11 is 0. The molecule has 2 aromatic rings. The maximum atomic E-state index is 13.0. The summed E-state index contributed by atoms with van der Waals surface area (Å²) in [5.41, 5.74) is 1.80. The van der Waals surface area contributed by atoms with Crippen molar-refractivity contribution in [1.82, 2.24) is 0 Å². The topological polar surface area (TPSA) is 72.8 Å². The van der Waals surface area contributed by atoms with Gasteiger partial charge >= 0.3 is 5.97 Å². The fourth-order valence-corrected chi connectivity index (χ4v) is 4.07. The number of hydrogen-bond donors (Lipinski definition) is 1. The molecule has 5 heteroatoms. The van der Waals surface area contributed by atoms with Crippen molar-refractivity contribution in [2.45, 2.75) is 45.4 Å². The lowest BCUT2D eigenvalue weighted by molar-refractivity contribution is -0.149. The van der Waals surface area contributed by atoms with E-state index in [0.29, 0.717) is 49.4 Å². The van der Waals surface area contributed by atoms with Gasteiger partial charge in [0, 0.05) is 18.4 Å². The maximum absolute atomic E-state index is 13.0. The number of carbonyl (C=O) groups excluding carboxylic acids is 1. The number of carboxylic acid groups (broad SMARTS) is 1. The van der Waals surface area contributed by atoms with Crippen LogP contribution in [0.2, 0.25) is 0 Å². The van der Waals surface area contributed by atoms with Crippen LogP contribution in [0.3, 0.4) is 0 Å². The lowest BCUT2D eigenvalue weighted by Gasteiger charge is -2.27. The van der Waals surface area contributed by atoms with Crippen LogP contribution in [-0.4, -0.2) is 30.6 Å². The minimum absolute atomic E-state index is 0.0148. The Morgan fingerprint density at radius 1 is 1.03 bits per heavy atom. The molecule has 1 N–H and O–H groups in total. The van der Waals surface area contributed by atoms with Gasteiger partial charge in [0.05, 0.1) is 19.1 Å². The van der Waals surface area contributed by atoms with Gasteiger partial charge < -0.3 is 14.6 Å². The number of aliphatic carboxylic acids is 1. The van der Waals surface area contributed by atoms with Gasteiger partial charge in [0.15, 0.2) is 17.3 Å². The quantitative estimate of drug-likeness (QED) is 0.433. The summed E-state index contributed by atoms with van der Waals surface area (Å²) in [5, 5.41) is 9.87. The van der Waals surface area contributed by atoms with Crippen molar-refractivity contribution in [2.75, 3.05) is 13.7 Å².